The van der Waals surface area contributed by atoms with Crippen molar-refractivity contribution in [3.05, 3.63) is 0 Å². The first kappa shape index (κ1) is 10.3. The van der Waals surface area contributed by atoms with Crippen molar-refractivity contribution in [2.24, 2.45) is 11.8 Å². The van der Waals surface area contributed by atoms with Crippen LogP contribution < -0.4 is 0 Å². The highest BCUT2D eigenvalue weighted by molar-refractivity contribution is 6.18. The van der Waals surface area contributed by atoms with Crippen LogP contribution in [0.15, 0.2) is 0 Å². The van der Waals surface area contributed by atoms with E-state index in [-0.39, 0.29) is 6.10 Å². The van der Waals surface area contributed by atoms with Crippen LogP contribution in [-0.2, 0) is 0 Å². The minimum atomic E-state index is -0.370. The molecule has 0 aliphatic heterocycles. The van der Waals surface area contributed by atoms with Crippen LogP contribution in [0.2, 0.25) is 0 Å². The molecule has 0 spiro atoms. The van der Waals surface area contributed by atoms with E-state index in [0.29, 0.717) is 12.4 Å². The maximum atomic E-state index is 9.25. The lowest BCUT2D eigenvalue weighted by atomic mass is 10.3. The van der Waals surface area contributed by atoms with Gasteiger partial charge in [0, 0.05) is 19.0 Å². The minimum absolute atomic E-state index is 0.338. The Bertz CT molecular complexity index is 136. The SMILES string of the molecule is CC1CC1CN(C)CC(O)CCl. The molecule has 0 heterocycles. The van der Waals surface area contributed by atoms with E-state index in [4.69, 9.17) is 11.6 Å². The molecule has 1 fully saturated rings. The fourth-order valence-electron chi connectivity index (χ4n) is 1.54. The first-order chi connectivity index (χ1) is 5.63. The summed E-state index contributed by atoms with van der Waals surface area (Å²) in [4.78, 5) is 2.17. The van der Waals surface area contributed by atoms with Gasteiger partial charge in [-0.05, 0) is 25.3 Å². The van der Waals surface area contributed by atoms with E-state index in [2.05, 4.69) is 11.8 Å². The van der Waals surface area contributed by atoms with Crippen LogP contribution in [0.5, 0.6) is 0 Å². The Morgan fingerprint density at radius 1 is 1.67 bits per heavy atom. The van der Waals surface area contributed by atoms with Crippen molar-refractivity contribution < 1.29 is 5.11 Å². The van der Waals surface area contributed by atoms with E-state index in [1.165, 1.54) is 6.42 Å². The van der Waals surface area contributed by atoms with Gasteiger partial charge >= 0.3 is 0 Å². The van der Waals surface area contributed by atoms with Gasteiger partial charge in [0.2, 0.25) is 0 Å². The zero-order valence-corrected chi connectivity index (χ0v) is 8.59. The van der Waals surface area contributed by atoms with Gasteiger partial charge in [-0.2, -0.15) is 0 Å². The molecule has 2 nitrogen and oxygen atoms in total. The van der Waals surface area contributed by atoms with E-state index in [1.807, 2.05) is 7.05 Å². The number of halogens is 1. The summed E-state index contributed by atoms with van der Waals surface area (Å²) in [6.45, 7) is 4.08. The van der Waals surface area contributed by atoms with Crippen molar-refractivity contribution in [2.75, 3.05) is 26.0 Å². The smallest absolute Gasteiger partial charge is 0.0802 e. The van der Waals surface area contributed by atoms with Crippen molar-refractivity contribution in [3.63, 3.8) is 0 Å². The topological polar surface area (TPSA) is 23.5 Å². The summed E-state index contributed by atoms with van der Waals surface area (Å²) in [6, 6.07) is 0. The van der Waals surface area contributed by atoms with Crippen molar-refractivity contribution in [2.45, 2.75) is 19.4 Å². The molecule has 3 atom stereocenters. The Balaban J connectivity index is 2.07. The van der Waals surface area contributed by atoms with Gasteiger partial charge in [-0.25, -0.2) is 0 Å². The zero-order valence-electron chi connectivity index (χ0n) is 7.83. The van der Waals surface area contributed by atoms with Crippen molar-refractivity contribution >= 4 is 11.6 Å². The van der Waals surface area contributed by atoms with Gasteiger partial charge in [0.15, 0.2) is 0 Å². The van der Waals surface area contributed by atoms with E-state index >= 15 is 0 Å². The average molecular weight is 192 g/mol. The van der Waals surface area contributed by atoms with Crippen molar-refractivity contribution in [1.29, 1.82) is 0 Å². The zero-order chi connectivity index (χ0) is 9.14. The number of hydrogen-bond donors (Lipinski definition) is 1. The molecule has 12 heavy (non-hydrogen) atoms. The molecule has 1 saturated carbocycles. The molecular weight excluding hydrogens is 174 g/mol. The first-order valence-corrected chi connectivity index (χ1v) is 5.09. The van der Waals surface area contributed by atoms with Crippen LogP contribution in [-0.4, -0.2) is 42.1 Å². The lowest BCUT2D eigenvalue weighted by molar-refractivity contribution is 0.141. The quantitative estimate of drug-likeness (QED) is 0.660. The molecule has 1 N–H and O–H groups in total. The van der Waals surface area contributed by atoms with Crippen LogP contribution in [0.1, 0.15) is 13.3 Å². The monoisotopic (exact) mass is 191 g/mol. The highest BCUT2D eigenvalue weighted by Crippen LogP contribution is 2.37. The molecule has 1 aliphatic carbocycles. The van der Waals surface area contributed by atoms with Gasteiger partial charge in [-0.15, -0.1) is 11.6 Å². The predicted molar refractivity (Wildman–Crippen MR) is 51.5 cm³/mol. The molecule has 0 aromatic heterocycles. The minimum Gasteiger partial charge on any atom is -0.391 e. The van der Waals surface area contributed by atoms with Crippen LogP contribution in [0.4, 0.5) is 0 Å². The molecule has 0 aromatic rings. The van der Waals surface area contributed by atoms with Gasteiger partial charge in [-0.1, -0.05) is 6.92 Å². The van der Waals surface area contributed by atoms with Crippen LogP contribution >= 0.6 is 11.6 Å². The highest BCUT2D eigenvalue weighted by atomic mass is 35.5. The van der Waals surface area contributed by atoms with E-state index < -0.39 is 0 Å². The molecule has 0 radical (unpaired) electrons. The second-order valence-corrected chi connectivity index (χ2v) is 4.31. The largest absolute Gasteiger partial charge is 0.391 e. The Morgan fingerprint density at radius 3 is 2.67 bits per heavy atom. The fraction of sp³-hybridized carbons (Fsp3) is 1.00. The second kappa shape index (κ2) is 4.45. The summed E-state index contributed by atoms with van der Waals surface area (Å²) in [5, 5.41) is 9.25. The Labute approximate surface area is 79.5 Å². The molecule has 0 bridgehead atoms. The number of nitrogens with zero attached hydrogens (tertiary/aromatic N) is 1. The van der Waals surface area contributed by atoms with Crippen molar-refractivity contribution in [3.8, 4) is 0 Å². The molecule has 72 valence electrons. The molecule has 0 amide bonds. The summed E-state index contributed by atoms with van der Waals surface area (Å²) in [7, 11) is 2.04. The number of aliphatic hydroxyl groups is 1. The van der Waals surface area contributed by atoms with Gasteiger partial charge in [-0.3, -0.25) is 0 Å². The van der Waals surface area contributed by atoms with Crippen molar-refractivity contribution in [1.82, 2.24) is 4.90 Å². The van der Waals surface area contributed by atoms with Gasteiger partial charge < -0.3 is 10.0 Å². The first-order valence-electron chi connectivity index (χ1n) is 4.56. The fourth-order valence-corrected chi connectivity index (χ4v) is 1.63. The average Bonchev–Trinajstić information content (AvgIpc) is 2.66. The number of rotatable bonds is 5. The number of hydrogen-bond acceptors (Lipinski definition) is 2. The third-order valence-corrected chi connectivity index (χ3v) is 2.88. The summed E-state index contributed by atoms with van der Waals surface area (Å²) in [6.07, 6.45) is 0.979. The molecule has 3 heteroatoms. The Hall–Kier alpha value is 0.210. The Kier molecular flexibility index (Phi) is 3.81. The molecular formula is C9H18ClNO. The molecule has 3 unspecified atom stereocenters. The van der Waals surface area contributed by atoms with Gasteiger partial charge in [0.05, 0.1) is 6.10 Å². The number of likely N-dealkylation sites (N-methyl/N-ethyl adjacent to an activating group) is 1. The maximum absolute atomic E-state index is 9.25. The van der Waals surface area contributed by atoms with Crippen LogP contribution in [0, 0.1) is 11.8 Å². The molecule has 1 rings (SSSR count). The lowest BCUT2D eigenvalue weighted by Crippen LogP contribution is -2.31. The molecule has 1 aliphatic rings. The van der Waals surface area contributed by atoms with E-state index in [1.54, 1.807) is 0 Å². The maximum Gasteiger partial charge on any atom is 0.0802 e. The highest BCUT2D eigenvalue weighted by Gasteiger charge is 2.33. The summed E-state index contributed by atoms with van der Waals surface area (Å²) in [5.41, 5.74) is 0. The lowest BCUT2D eigenvalue weighted by Gasteiger charge is -2.18. The number of alkyl halides is 1. The van der Waals surface area contributed by atoms with Crippen LogP contribution in [0.25, 0.3) is 0 Å². The third-order valence-electron chi connectivity index (χ3n) is 2.52. The van der Waals surface area contributed by atoms with Gasteiger partial charge in [0.25, 0.3) is 0 Å². The Morgan fingerprint density at radius 2 is 2.25 bits per heavy atom. The molecule has 0 saturated heterocycles. The third kappa shape index (κ3) is 3.30. The predicted octanol–water partition coefficient (Wildman–Crippen LogP) is 1.17. The standard InChI is InChI=1S/C9H18ClNO/c1-7-3-8(7)5-11(2)6-9(12)4-10/h7-9,12H,3-6H2,1-2H3. The summed E-state index contributed by atoms with van der Waals surface area (Å²) >= 11 is 5.50. The second-order valence-electron chi connectivity index (χ2n) is 4.00. The summed E-state index contributed by atoms with van der Waals surface area (Å²) in [5.74, 6) is 2.09. The number of aliphatic hydroxyl groups excluding tert-OH is 1. The van der Waals surface area contributed by atoms with E-state index in [9.17, 15) is 5.11 Å². The van der Waals surface area contributed by atoms with Crippen LogP contribution in [0.3, 0.4) is 0 Å². The normalized spacial score (nSPS) is 30.8. The molecule has 0 aromatic carbocycles. The summed E-state index contributed by atoms with van der Waals surface area (Å²) < 4.78 is 0. The van der Waals surface area contributed by atoms with E-state index in [0.717, 1.165) is 18.4 Å². The van der Waals surface area contributed by atoms with Gasteiger partial charge in [0.1, 0.15) is 0 Å².